The smallest absolute Gasteiger partial charge is 0.381 e. The largest absolute Gasteiger partial charge is 0.435 e. The normalized spacial score (nSPS) is 11.7. The molecule has 0 atom stereocenters. The van der Waals surface area contributed by atoms with Gasteiger partial charge in [0.25, 0.3) is 0 Å². The van der Waals surface area contributed by atoms with Gasteiger partial charge in [-0.25, -0.2) is 17.6 Å². The molecule has 0 aliphatic rings. The van der Waals surface area contributed by atoms with Crippen molar-refractivity contribution in [2.45, 2.75) is 12.7 Å². The summed E-state index contributed by atoms with van der Waals surface area (Å²) in [5, 5.41) is 5.90. The number of nitrogens with zero attached hydrogens (tertiary/aromatic N) is 2. The minimum atomic E-state index is -4.67. The fraction of sp³-hybridized carbons (Fsp3) is 0.167. The van der Waals surface area contributed by atoms with E-state index in [1.807, 2.05) is 0 Å². The summed E-state index contributed by atoms with van der Waals surface area (Å²) in [6, 6.07) is 5.27. The van der Waals surface area contributed by atoms with E-state index in [2.05, 4.69) is 10.4 Å². The summed E-state index contributed by atoms with van der Waals surface area (Å²) in [6.45, 7) is -0.388. The third-order valence-corrected chi connectivity index (χ3v) is 3.99. The molecule has 2 aromatic carbocycles. The van der Waals surface area contributed by atoms with Crippen LogP contribution in [0.1, 0.15) is 11.3 Å². The van der Waals surface area contributed by atoms with Crippen molar-refractivity contribution in [1.29, 1.82) is 0 Å². The lowest BCUT2D eigenvalue weighted by Gasteiger charge is -2.10. The fourth-order valence-corrected chi connectivity index (χ4v) is 2.62. The van der Waals surface area contributed by atoms with Gasteiger partial charge < -0.3 is 5.32 Å². The molecule has 148 valence electrons. The maximum absolute atomic E-state index is 14.4. The van der Waals surface area contributed by atoms with Gasteiger partial charge in [-0.05, 0) is 24.3 Å². The fourth-order valence-electron chi connectivity index (χ4n) is 2.62. The summed E-state index contributed by atoms with van der Waals surface area (Å²) in [5.74, 6) is -4.13. The van der Waals surface area contributed by atoms with Gasteiger partial charge in [0.05, 0.1) is 5.69 Å². The molecule has 1 N–H and O–H groups in total. The molecule has 3 aromatic rings. The van der Waals surface area contributed by atoms with Crippen molar-refractivity contribution in [1.82, 2.24) is 9.78 Å². The van der Waals surface area contributed by atoms with Crippen LogP contribution in [0.3, 0.4) is 0 Å². The van der Waals surface area contributed by atoms with Crippen LogP contribution in [-0.2, 0) is 19.8 Å². The second-order valence-corrected chi connectivity index (χ2v) is 5.93. The molecule has 3 rings (SSSR count). The molecule has 1 heterocycles. The minimum Gasteiger partial charge on any atom is -0.381 e. The van der Waals surface area contributed by atoms with Gasteiger partial charge in [-0.15, -0.1) is 0 Å². The lowest BCUT2D eigenvalue weighted by atomic mass is 10.1. The molecule has 0 spiro atoms. The zero-order chi connectivity index (χ0) is 20.6. The van der Waals surface area contributed by atoms with Crippen LogP contribution in [-0.4, -0.2) is 9.78 Å². The molecule has 3 nitrogen and oxygen atoms in total. The van der Waals surface area contributed by atoms with Gasteiger partial charge in [0.2, 0.25) is 0 Å². The van der Waals surface area contributed by atoms with Crippen LogP contribution >= 0.6 is 0 Å². The van der Waals surface area contributed by atoms with E-state index in [4.69, 9.17) is 0 Å². The highest BCUT2D eigenvalue weighted by atomic mass is 19.4. The number of rotatable bonds is 4. The highest BCUT2D eigenvalue weighted by Crippen LogP contribution is 2.33. The first-order valence-corrected chi connectivity index (χ1v) is 7.84. The van der Waals surface area contributed by atoms with Crippen LogP contribution in [0.25, 0.3) is 11.3 Å². The van der Waals surface area contributed by atoms with Crippen molar-refractivity contribution in [2.75, 3.05) is 5.32 Å². The van der Waals surface area contributed by atoms with E-state index in [-0.39, 0.29) is 23.5 Å². The van der Waals surface area contributed by atoms with Crippen molar-refractivity contribution < 1.29 is 30.7 Å². The van der Waals surface area contributed by atoms with Gasteiger partial charge in [-0.1, -0.05) is 0 Å². The number of aryl methyl sites for hydroxylation is 1. The Morgan fingerprint density at radius 2 is 1.57 bits per heavy atom. The molecule has 0 aliphatic carbocycles. The Morgan fingerprint density at radius 1 is 0.929 bits per heavy atom. The van der Waals surface area contributed by atoms with Crippen LogP contribution in [0.4, 0.5) is 36.4 Å². The summed E-state index contributed by atoms with van der Waals surface area (Å²) in [6.07, 6.45) is -4.67. The van der Waals surface area contributed by atoms with Crippen molar-refractivity contribution in [3.05, 3.63) is 70.9 Å². The van der Waals surface area contributed by atoms with E-state index in [1.165, 1.54) is 19.2 Å². The molecule has 0 unspecified atom stereocenters. The van der Waals surface area contributed by atoms with Crippen molar-refractivity contribution >= 4 is 5.69 Å². The molecule has 0 fully saturated rings. The maximum atomic E-state index is 14.4. The van der Waals surface area contributed by atoms with E-state index in [0.717, 1.165) is 16.8 Å². The molecule has 1 aromatic heterocycles. The van der Waals surface area contributed by atoms with Gasteiger partial charge in [0, 0.05) is 42.5 Å². The summed E-state index contributed by atoms with van der Waals surface area (Å²) in [5.41, 5.74) is -1.69. The third-order valence-electron chi connectivity index (χ3n) is 3.99. The Morgan fingerprint density at radius 3 is 2.11 bits per heavy atom. The Balaban J connectivity index is 1.83. The number of hydrogen-bond donors (Lipinski definition) is 1. The predicted octanol–water partition coefficient (Wildman–Crippen LogP) is 5.27. The monoisotopic (exact) mass is 403 g/mol. The first-order valence-electron chi connectivity index (χ1n) is 7.84. The van der Waals surface area contributed by atoms with Gasteiger partial charge >= 0.3 is 6.18 Å². The summed E-state index contributed by atoms with van der Waals surface area (Å²) >= 11 is 0. The van der Waals surface area contributed by atoms with Crippen LogP contribution < -0.4 is 5.32 Å². The summed E-state index contributed by atoms with van der Waals surface area (Å²) in [4.78, 5) is 0. The average Bonchev–Trinajstić information content (AvgIpc) is 2.96. The highest BCUT2D eigenvalue weighted by Gasteiger charge is 2.35. The van der Waals surface area contributed by atoms with Gasteiger partial charge in [-0.2, -0.15) is 18.3 Å². The summed E-state index contributed by atoms with van der Waals surface area (Å²) in [7, 11) is 1.25. The zero-order valence-corrected chi connectivity index (χ0v) is 14.2. The average molecular weight is 403 g/mol. The lowest BCUT2D eigenvalue weighted by Crippen LogP contribution is -2.06. The van der Waals surface area contributed by atoms with Gasteiger partial charge in [-0.3, -0.25) is 4.68 Å². The second-order valence-electron chi connectivity index (χ2n) is 5.93. The molecule has 0 saturated heterocycles. The molecular formula is C18H12F7N3. The van der Waals surface area contributed by atoms with Crippen LogP contribution in [0.5, 0.6) is 0 Å². The topological polar surface area (TPSA) is 29.9 Å². The van der Waals surface area contributed by atoms with Crippen LogP contribution in [0.15, 0.2) is 36.4 Å². The highest BCUT2D eigenvalue weighted by molar-refractivity contribution is 5.64. The number of halogens is 7. The molecule has 28 heavy (non-hydrogen) atoms. The second kappa shape index (κ2) is 7.17. The SMILES string of the molecule is Cn1nc(C(F)(F)F)cc1-c1ccc(NCc2c(F)cc(F)cc2F)cc1F. The van der Waals surface area contributed by atoms with Crippen LogP contribution in [0.2, 0.25) is 0 Å². The molecule has 0 amide bonds. The lowest BCUT2D eigenvalue weighted by molar-refractivity contribution is -0.141. The first kappa shape index (κ1) is 19.7. The molecule has 0 aliphatic heterocycles. The van der Waals surface area contributed by atoms with E-state index in [0.29, 0.717) is 12.1 Å². The summed E-state index contributed by atoms with van der Waals surface area (Å²) < 4.78 is 93.7. The van der Waals surface area contributed by atoms with Crippen LogP contribution in [0, 0.1) is 23.3 Å². The number of anilines is 1. The third kappa shape index (κ3) is 3.95. The molecule has 0 radical (unpaired) electrons. The number of benzene rings is 2. The predicted molar refractivity (Wildman–Crippen MR) is 87.2 cm³/mol. The van der Waals surface area contributed by atoms with E-state index in [9.17, 15) is 30.7 Å². The number of nitrogens with one attached hydrogen (secondary N) is 1. The zero-order valence-electron chi connectivity index (χ0n) is 14.2. The number of aromatic nitrogens is 2. The number of alkyl halides is 3. The molecule has 0 saturated carbocycles. The van der Waals surface area contributed by atoms with Crippen molar-refractivity contribution in [2.24, 2.45) is 7.05 Å². The van der Waals surface area contributed by atoms with E-state index in [1.54, 1.807) is 0 Å². The maximum Gasteiger partial charge on any atom is 0.435 e. The van der Waals surface area contributed by atoms with Gasteiger partial charge in [0.15, 0.2) is 5.69 Å². The van der Waals surface area contributed by atoms with Gasteiger partial charge in [0.1, 0.15) is 23.3 Å². The van der Waals surface area contributed by atoms with Crippen molar-refractivity contribution in [3.8, 4) is 11.3 Å². The molecular weight excluding hydrogens is 391 g/mol. The Kier molecular flexibility index (Phi) is 5.05. The Labute approximate surface area is 154 Å². The Bertz CT molecular complexity index is 1000. The minimum absolute atomic E-state index is 0.0907. The first-order chi connectivity index (χ1) is 13.1. The quantitative estimate of drug-likeness (QED) is 0.602. The number of hydrogen-bond acceptors (Lipinski definition) is 2. The molecule has 0 bridgehead atoms. The molecule has 10 heteroatoms. The van der Waals surface area contributed by atoms with Crippen molar-refractivity contribution in [3.63, 3.8) is 0 Å². The van der Waals surface area contributed by atoms with E-state index >= 15 is 0 Å². The van der Waals surface area contributed by atoms with E-state index < -0.39 is 40.7 Å². The Hall–Kier alpha value is -3.04. The standard InChI is InChI=1S/C18H12F7N3/c1-28-16(7-17(27-28)18(23,24)25)11-3-2-10(6-15(11)22)26-8-12-13(20)4-9(19)5-14(12)21/h2-7,26H,8H2,1H3.